The highest BCUT2D eigenvalue weighted by Crippen LogP contribution is 2.23. The van der Waals surface area contributed by atoms with Crippen LogP contribution in [-0.4, -0.2) is 11.7 Å². The van der Waals surface area contributed by atoms with Gasteiger partial charge in [-0.1, -0.05) is 60.7 Å². The molecule has 3 nitrogen and oxygen atoms in total. The van der Waals surface area contributed by atoms with Crippen LogP contribution in [0.2, 0.25) is 0 Å². The Kier molecular flexibility index (Phi) is 3.11. The number of urea groups is 1. The van der Waals surface area contributed by atoms with E-state index in [4.69, 9.17) is 0 Å². The molecule has 1 unspecified atom stereocenters. The molecule has 0 saturated carbocycles. The highest BCUT2D eigenvalue weighted by Gasteiger charge is 2.22. The molecule has 2 aromatic rings. The van der Waals surface area contributed by atoms with E-state index in [0.717, 1.165) is 23.3 Å². The first-order valence-corrected chi connectivity index (χ1v) is 6.31. The van der Waals surface area contributed by atoms with E-state index in [-0.39, 0.29) is 12.1 Å². The Morgan fingerprint density at radius 2 is 1.58 bits per heavy atom. The van der Waals surface area contributed by atoms with Crippen LogP contribution in [0.1, 0.15) is 23.6 Å². The zero-order valence-corrected chi connectivity index (χ0v) is 10.4. The summed E-state index contributed by atoms with van der Waals surface area (Å²) < 4.78 is 0. The third-order valence-electron chi connectivity index (χ3n) is 3.24. The lowest BCUT2D eigenvalue weighted by Crippen LogP contribution is -2.33. The van der Waals surface area contributed by atoms with Crippen LogP contribution in [-0.2, 0) is 0 Å². The van der Waals surface area contributed by atoms with E-state index in [1.54, 1.807) is 0 Å². The van der Waals surface area contributed by atoms with Gasteiger partial charge in [0.1, 0.15) is 0 Å². The molecule has 2 aromatic carbocycles. The highest BCUT2D eigenvalue weighted by molar-refractivity contribution is 6.08. The number of hydrogen-bond acceptors (Lipinski definition) is 1. The molecule has 1 aliphatic heterocycles. The van der Waals surface area contributed by atoms with Crippen molar-refractivity contribution in [1.82, 2.24) is 5.32 Å². The number of nitrogens with one attached hydrogen (secondary N) is 1. The van der Waals surface area contributed by atoms with Crippen molar-refractivity contribution in [1.29, 1.82) is 0 Å². The summed E-state index contributed by atoms with van der Waals surface area (Å²) in [7, 11) is 0. The Bertz CT molecular complexity index is 605. The summed E-state index contributed by atoms with van der Waals surface area (Å²) in [5.74, 6) is 0. The third kappa shape index (κ3) is 2.55. The zero-order chi connectivity index (χ0) is 13.1. The fraction of sp³-hybridized carbons (Fsp3) is 0.125. The summed E-state index contributed by atoms with van der Waals surface area (Å²) >= 11 is 0. The number of carbonyl (C=O) groups is 1. The topological polar surface area (TPSA) is 41.5 Å². The van der Waals surface area contributed by atoms with Crippen molar-refractivity contribution in [2.45, 2.75) is 12.5 Å². The lowest BCUT2D eigenvalue weighted by Gasteiger charge is -2.23. The molecule has 2 amide bonds. The van der Waals surface area contributed by atoms with Crippen molar-refractivity contribution in [3.63, 3.8) is 0 Å². The third-order valence-corrected chi connectivity index (χ3v) is 3.24. The average Bonchev–Trinajstić information content (AvgIpc) is 2.48. The molecule has 0 fully saturated rings. The van der Waals surface area contributed by atoms with Gasteiger partial charge >= 0.3 is 6.03 Å². The summed E-state index contributed by atoms with van der Waals surface area (Å²) in [6.45, 7) is 0. The smallest absolute Gasteiger partial charge is 0.329 e. The van der Waals surface area contributed by atoms with Crippen LogP contribution in [0.15, 0.2) is 65.7 Å². The molecule has 0 spiro atoms. The van der Waals surface area contributed by atoms with Crippen LogP contribution < -0.4 is 5.32 Å². The van der Waals surface area contributed by atoms with Crippen molar-refractivity contribution in [3.05, 3.63) is 71.8 Å². The molecule has 1 atom stereocenters. The molecule has 0 bridgehead atoms. The normalized spacial score (nSPS) is 18.6. The second kappa shape index (κ2) is 5.06. The number of amides is 2. The van der Waals surface area contributed by atoms with E-state index >= 15 is 0 Å². The second-order valence-electron chi connectivity index (χ2n) is 4.54. The minimum Gasteiger partial charge on any atom is -0.329 e. The van der Waals surface area contributed by atoms with Gasteiger partial charge < -0.3 is 5.32 Å². The maximum Gasteiger partial charge on any atom is 0.341 e. The molecular weight excluding hydrogens is 236 g/mol. The van der Waals surface area contributed by atoms with Gasteiger partial charge in [0.2, 0.25) is 0 Å². The minimum atomic E-state index is -0.265. The summed E-state index contributed by atoms with van der Waals surface area (Å²) in [6.07, 6.45) is 0.722. The number of benzene rings is 2. The molecule has 3 heteroatoms. The van der Waals surface area contributed by atoms with Crippen LogP contribution in [0, 0.1) is 0 Å². The Balaban J connectivity index is 1.90. The molecule has 1 N–H and O–H groups in total. The standard InChI is InChI=1S/C16H14N2O/c19-16-17-14(12-7-3-1-4-8-12)11-15(18-16)13-9-5-2-6-10-13/h1-10,14H,11H2,(H,17,19). The van der Waals surface area contributed by atoms with Crippen molar-refractivity contribution in [2.75, 3.05) is 0 Å². The number of rotatable bonds is 2. The molecule has 0 aliphatic carbocycles. The summed E-state index contributed by atoms with van der Waals surface area (Å²) in [5, 5.41) is 2.91. The van der Waals surface area contributed by atoms with Crippen molar-refractivity contribution in [3.8, 4) is 0 Å². The molecule has 1 heterocycles. The number of carbonyl (C=O) groups excluding carboxylic acids is 1. The summed E-state index contributed by atoms with van der Waals surface area (Å²) in [4.78, 5) is 15.8. The van der Waals surface area contributed by atoms with E-state index in [2.05, 4.69) is 10.3 Å². The Hall–Kier alpha value is -2.42. The fourth-order valence-electron chi connectivity index (χ4n) is 2.29. The van der Waals surface area contributed by atoms with Gasteiger partial charge in [0.25, 0.3) is 0 Å². The minimum absolute atomic E-state index is 0.00130. The Labute approximate surface area is 112 Å². The first kappa shape index (κ1) is 11.7. The van der Waals surface area contributed by atoms with Gasteiger partial charge in [0.15, 0.2) is 0 Å². The van der Waals surface area contributed by atoms with E-state index in [1.165, 1.54) is 0 Å². The molecule has 0 saturated heterocycles. The number of hydrogen-bond donors (Lipinski definition) is 1. The van der Waals surface area contributed by atoms with Crippen molar-refractivity contribution in [2.24, 2.45) is 4.99 Å². The van der Waals surface area contributed by atoms with Gasteiger partial charge in [0, 0.05) is 6.42 Å². The van der Waals surface area contributed by atoms with Crippen LogP contribution in [0.5, 0.6) is 0 Å². The van der Waals surface area contributed by atoms with Crippen molar-refractivity contribution >= 4 is 11.7 Å². The van der Waals surface area contributed by atoms with Crippen LogP contribution in [0.25, 0.3) is 0 Å². The molecule has 3 rings (SSSR count). The number of nitrogens with zero attached hydrogens (tertiary/aromatic N) is 1. The SMILES string of the molecule is O=C1N=C(c2ccccc2)CC(c2ccccc2)N1. The van der Waals surface area contributed by atoms with Gasteiger partial charge in [-0.05, 0) is 11.1 Å². The fourth-order valence-corrected chi connectivity index (χ4v) is 2.29. The lowest BCUT2D eigenvalue weighted by molar-refractivity contribution is 0.244. The monoisotopic (exact) mass is 250 g/mol. The molecule has 19 heavy (non-hydrogen) atoms. The van der Waals surface area contributed by atoms with Crippen molar-refractivity contribution < 1.29 is 4.79 Å². The Morgan fingerprint density at radius 1 is 0.947 bits per heavy atom. The van der Waals surface area contributed by atoms with E-state index in [9.17, 15) is 4.79 Å². The predicted octanol–water partition coefficient (Wildman–Crippen LogP) is 3.33. The van der Waals surface area contributed by atoms with E-state index in [1.807, 2.05) is 60.7 Å². The Morgan fingerprint density at radius 3 is 2.26 bits per heavy atom. The molecule has 94 valence electrons. The number of aliphatic imine (C=N–C) groups is 1. The predicted molar refractivity (Wildman–Crippen MR) is 75.3 cm³/mol. The van der Waals surface area contributed by atoms with Crippen LogP contribution >= 0.6 is 0 Å². The molecule has 0 radical (unpaired) electrons. The molecule has 0 aromatic heterocycles. The summed E-state index contributed by atoms with van der Waals surface area (Å²) in [5.41, 5.74) is 2.97. The highest BCUT2D eigenvalue weighted by atomic mass is 16.2. The largest absolute Gasteiger partial charge is 0.341 e. The lowest BCUT2D eigenvalue weighted by atomic mass is 9.96. The van der Waals surface area contributed by atoms with E-state index in [0.29, 0.717) is 0 Å². The van der Waals surface area contributed by atoms with Crippen LogP contribution in [0.3, 0.4) is 0 Å². The van der Waals surface area contributed by atoms with Gasteiger partial charge in [-0.2, -0.15) is 4.99 Å². The molecular formula is C16H14N2O. The maximum absolute atomic E-state index is 11.7. The van der Waals surface area contributed by atoms with Gasteiger partial charge in [-0.3, -0.25) is 0 Å². The zero-order valence-electron chi connectivity index (χ0n) is 10.4. The second-order valence-corrected chi connectivity index (χ2v) is 4.54. The van der Waals surface area contributed by atoms with E-state index < -0.39 is 0 Å². The first-order valence-electron chi connectivity index (χ1n) is 6.31. The molecule has 1 aliphatic rings. The maximum atomic E-state index is 11.7. The first-order chi connectivity index (χ1) is 9.33. The quantitative estimate of drug-likeness (QED) is 0.872. The average molecular weight is 250 g/mol. The van der Waals surface area contributed by atoms with Gasteiger partial charge in [0.05, 0.1) is 11.8 Å². The van der Waals surface area contributed by atoms with Crippen LogP contribution in [0.4, 0.5) is 4.79 Å². The summed E-state index contributed by atoms with van der Waals surface area (Å²) in [6, 6.07) is 19.6. The van der Waals surface area contributed by atoms with Gasteiger partial charge in [-0.25, -0.2) is 4.79 Å². The van der Waals surface area contributed by atoms with Gasteiger partial charge in [-0.15, -0.1) is 0 Å².